The molecule has 0 aliphatic rings. The van der Waals surface area contributed by atoms with E-state index in [0.717, 1.165) is 13.0 Å². The zero-order chi connectivity index (χ0) is 12.8. The standard InChI is InChI=1S/C13H15N4S.BrH/c1-11-13(7-8-15-16-14)18-10-17(11)9-12-5-3-2-4-6-12;/h2-6,10H,7-9H2,1H3;1H/q+1;/p-1. The van der Waals surface area contributed by atoms with Gasteiger partial charge in [-0.25, -0.2) is 0 Å². The molecule has 2 rings (SSSR count). The second kappa shape index (κ2) is 7.94. The Bertz CT molecular complexity index is 561. The molecule has 0 saturated carbocycles. The second-order valence-electron chi connectivity index (χ2n) is 4.05. The highest BCUT2D eigenvalue weighted by Gasteiger charge is 2.14. The van der Waals surface area contributed by atoms with Crippen molar-refractivity contribution in [3.8, 4) is 0 Å². The Morgan fingerprint density at radius 1 is 1.32 bits per heavy atom. The van der Waals surface area contributed by atoms with Crippen molar-refractivity contribution in [1.29, 1.82) is 0 Å². The highest BCUT2D eigenvalue weighted by molar-refractivity contribution is 7.09. The van der Waals surface area contributed by atoms with E-state index in [4.69, 9.17) is 5.53 Å². The fraction of sp³-hybridized carbons (Fsp3) is 0.308. The summed E-state index contributed by atoms with van der Waals surface area (Å²) in [7, 11) is 0. The average molecular weight is 339 g/mol. The highest BCUT2D eigenvalue weighted by Crippen LogP contribution is 2.12. The summed E-state index contributed by atoms with van der Waals surface area (Å²) < 4.78 is 2.24. The average Bonchev–Trinajstić information content (AvgIpc) is 2.73. The van der Waals surface area contributed by atoms with Crippen molar-refractivity contribution in [3.63, 3.8) is 0 Å². The lowest BCUT2D eigenvalue weighted by molar-refractivity contribution is -0.689. The molecule has 0 aliphatic carbocycles. The molecular weight excluding hydrogens is 324 g/mol. The van der Waals surface area contributed by atoms with Gasteiger partial charge in [0.05, 0.1) is 4.88 Å². The molecule has 2 aromatic rings. The van der Waals surface area contributed by atoms with E-state index in [0.29, 0.717) is 6.54 Å². The van der Waals surface area contributed by atoms with Gasteiger partial charge in [-0.3, -0.25) is 0 Å². The summed E-state index contributed by atoms with van der Waals surface area (Å²) in [5.74, 6) is 0. The number of nitrogens with zero attached hydrogens (tertiary/aromatic N) is 4. The van der Waals surface area contributed by atoms with Crippen LogP contribution in [0.5, 0.6) is 0 Å². The Kier molecular flexibility index (Phi) is 6.56. The Labute approximate surface area is 127 Å². The van der Waals surface area contributed by atoms with Crippen LogP contribution in [-0.4, -0.2) is 6.54 Å². The van der Waals surface area contributed by atoms with Gasteiger partial charge in [0.25, 0.3) is 0 Å². The topological polar surface area (TPSA) is 52.6 Å². The first-order valence-corrected chi connectivity index (χ1v) is 6.70. The molecule has 0 saturated heterocycles. The minimum Gasteiger partial charge on any atom is -1.00 e. The Hall–Kier alpha value is -1.36. The van der Waals surface area contributed by atoms with E-state index in [1.165, 1.54) is 16.1 Å². The number of hydrogen-bond acceptors (Lipinski definition) is 2. The largest absolute Gasteiger partial charge is 1.00 e. The zero-order valence-electron chi connectivity index (χ0n) is 10.7. The van der Waals surface area contributed by atoms with Gasteiger partial charge in [0.1, 0.15) is 0 Å². The van der Waals surface area contributed by atoms with Crippen LogP contribution in [0.15, 0.2) is 41.0 Å². The zero-order valence-corrected chi connectivity index (χ0v) is 13.1. The molecule has 0 bridgehead atoms. The number of thiazole rings is 1. The smallest absolute Gasteiger partial charge is 0.225 e. The summed E-state index contributed by atoms with van der Waals surface area (Å²) in [5.41, 5.74) is 13.0. The number of halogens is 1. The van der Waals surface area contributed by atoms with Crippen molar-refractivity contribution in [1.82, 2.24) is 0 Å². The van der Waals surface area contributed by atoms with Crippen molar-refractivity contribution < 1.29 is 21.5 Å². The third-order valence-corrected chi connectivity index (χ3v) is 4.00. The molecule has 0 fully saturated rings. The predicted molar refractivity (Wildman–Crippen MR) is 72.5 cm³/mol. The molecule has 0 aliphatic heterocycles. The molecule has 1 aromatic carbocycles. The lowest BCUT2D eigenvalue weighted by atomic mass is 10.2. The quantitative estimate of drug-likeness (QED) is 0.325. The van der Waals surface area contributed by atoms with E-state index in [1.807, 2.05) is 6.07 Å². The molecule has 4 nitrogen and oxygen atoms in total. The molecule has 100 valence electrons. The van der Waals surface area contributed by atoms with Gasteiger partial charge >= 0.3 is 0 Å². The molecule has 1 heterocycles. The third kappa shape index (κ3) is 4.35. The van der Waals surface area contributed by atoms with Gasteiger partial charge in [-0.15, -0.1) is 0 Å². The fourth-order valence-electron chi connectivity index (χ4n) is 1.82. The van der Waals surface area contributed by atoms with Crippen LogP contribution >= 0.6 is 11.3 Å². The lowest BCUT2D eigenvalue weighted by Gasteiger charge is -1.97. The van der Waals surface area contributed by atoms with Gasteiger partial charge in [-0.05, 0) is 12.0 Å². The van der Waals surface area contributed by atoms with E-state index in [2.05, 4.69) is 51.3 Å². The molecule has 1 aromatic heterocycles. The number of aromatic nitrogens is 1. The first-order valence-electron chi connectivity index (χ1n) is 5.82. The Morgan fingerprint density at radius 3 is 2.74 bits per heavy atom. The number of azide groups is 1. The molecule has 0 unspecified atom stereocenters. The SMILES string of the molecule is Cc1c(CCN=[N+]=[N-])sc[n+]1Cc1ccccc1.[Br-]. The summed E-state index contributed by atoms with van der Waals surface area (Å²) >= 11 is 1.73. The summed E-state index contributed by atoms with van der Waals surface area (Å²) in [5, 5.41) is 3.58. The van der Waals surface area contributed by atoms with Crippen LogP contribution in [0, 0.1) is 6.92 Å². The molecule has 0 amide bonds. The minimum absolute atomic E-state index is 0. The van der Waals surface area contributed by atoms with Crippen LogP contribution in [0.4, 0.5) is 0 Å². The second-order valence-corrected chi connectivity index (χ2v) is 4.99. The first-order chi connectivity index (χ1) is 8.81. The van der Waals surface area contributed by atoms with Crippen LogP contribution in [0.2, 0.25) is 0 Å². The van der Waals surface area contributed by atoms with Gasteiger partial charge in [0.2, 0.25) is 5.51 Å². The normalized spacial score (nSPS) is 9.53. The van der Waals surface area contributed by atoms with Crippen LogP contribution < -0.4 is 21.5 Å². The lowest BCUT2D eigenvalue weighted by Crippen LogP contribution is -3.00. The predicted octanol–water partition coefficient (Wildman–Crippen LogP) is 0.249. The van der Waals surface area contributed by atoms with Gasteiger partial charge < -0.3 is 17.0 Å². The molecule has 0 spiro atoms. The van der Waals surface area contributed by atoms with E-state index in [1.54, 1.807) is 11.3 Å². The van der Waals surface area contributed by atoms with Crippen LogP contribution in [0.1, 0.15) is 16.1 Å². The Morgan fingerprint density at radius 2 is 2.05 bits per heavy atom. The van der Waals surface area contributed by atoms with Gasteiger partial charge in [0, 0.05) is 23.9 Å². The van der Waals surface area contributed by atoms with Crippen molar-refractivity contribution in [3.05, 3.63) is 62.4 Å². The van der Waals surface area contributed by atoms with E-state index >= 15 is 0 Å². The van der Waals surface area contributed by atoms with Crippen LogP contribution in [-0.2, 0) is 13.0 Å². The molecule has 19 heavy (non-hydrogen) atoms. The monoisotopic (exact) mass is 338 g/mol. The molecule has 0 radical (unpaired) electrons. The molecule has 0 atom stereocenters. The molecular formula is C13H15BrN4S. The van der Waals surface area contributed by atoms with Gasteiger partial charge in [0.15, 0.2) is 12.2 Å². The minimum atomic E-state index is 0. The first kappa shape index (κ1) is 15.7. The van der Waals surface area contributed by atoms with Crippen molar-refractivity contribution in [2.75, 3.05) is 6.54 Å². The molecule has 0 N–H and O–H groups in total. The highest BCUT2D eigenvalue weighted by atomic mass is 79.9. The van der Waals surface area contributed by atoms with Crippen LogP contribution in [0.25, 0.3) is 10.4 Å². The third-order valence-electron chi connectivity index (χ3n) is 2.85. The maximum atomic E-state index is 8.27. The van der Waals surface area contributed by atoms with Gasteiger partial charge in [-0.1, -0.05) is 46.8 Å². The summed E-state index contributed by atoms with van der Waals surface area (Å²) in [6.07, 6.45) is 0.822. The van der Waals surface area contributed by atoms with Crippen molar-refractivity contribution >= 4 is 11.3 Å². The van der Waals surface area contributed by atoms with Crippen molar-refractivity contribution in [2.45, 2.75) is 19.9 Å². The summed E-state index contributed by atoms with van der Waals surface area (Å²) in [6, 6.07) is 10.4. The number of hydrogen-bond donors (Lipinski definition) is 0. The summed E-state index contributed by atoms with van der Waals surface area (Å²) in [6.45, 7) is 3.54. The maximum absolute atomic E-state index is 8.27. The number of benzene rings is 1. The van der Waals surface area contributed by atoms with E-state index in [9.17, 15) is 0 Å². The van der Waals surface area contributed by atoms with Crippen molar-refractivity contribution in [2.24, 2.45) is 5.11 Å². The maximum Gasteiger partial charge on any atom is 0.225 e. The molecule has 6 heteroatoms. The van der Waals surface area contributed by atoms with Gasteiger partial charge in [-0.2, -0.15) is 4.57 Å². The fourth-order valence-corrected chi connectivity index (χ4v) is 2.81. The summed E-state index contributed by atoms with van der Waals surface area (Å²) in [4.78, 5) is 4.07. The Balaban J connectivity index is 0.00000180. The van der Waals surface area contributed by atoms with Crippen LogP contribution in [0.3, 0.4) is 0 Å². The van der Waals surface area contributed by atoms with E-state index < -0.39 is 0 Å². The number of rotatable bonds is 5. The van der Waals surface area contributed by atoms with E-state index in [-0.39, 0.29) is 17.0 Å².